The Labute approximate surface area is 255 Å². The molecule has 0 fully saturated rings. The first-order chi connectivity index (χ1) is 21.1. The summed E-state index contributed by atoms with van der Waals surface area (Å²) in [4.78, 5) is 31.6. The van der Waals surface area contributed by atoms with Gasteiger partial charge in [0.25, 0.3) is 5.56 Å². The summed E-state index contributed by atoms with van der Waals surface area (Å²) in [5.41, 5.74) is 0.714. The van der Waals surface area contributed by atoms with Crippen molar-refractivity contribution in [2.75, 3.05) is 11.4 Å². The standard InChI is InChI=1S/C34H23ClF3N3O3/c1-39-27-15-5-3-9-23(27)18-40-19-28(33(43)44)41-31(40)29(22-12-7-13-24(16-22)34(36,37)38)26(30(35)32(41)42)17-21-11-6-10-20-8-2-4-14-25(20)21/h2-16,28H,17-19H2,(H,43,44). The van der Waals surface area contributed by atoms with Crippen molar-refractivity contribution in [3.8, 4) is 11.1 Å². The number of aliphatic carboxylic acids is 1. The molecular weight excluding hydrogens is 591 g/mol. The Morgan fingerprint density at radius 3 is 2.41 bits per heavy atom. The first-order valence-corrected chi connectivity index (χ1v) is 14.0. The number of rotatable bonds is 6. The van der Waals surface area contributed by atoms with Crippen LogP contribution in [0.4, 0.5) is 24.7 Å². The summed E-state index contributed by atoms with van der Waals surface area (Å²) in [7, 11) is 0. The monoisotopic (exact) mass is 613 g/mol. The van der Waals surface area contributed by atoms with Crippen molar-refractivity contribution in [3.05, 3.63) is 140 Å². The summed E-state index contributed by atoms with van der Waals surface area (Å²) >= 11 is 6.78. The van der Waals surface area contributed by atoms with E-state index in [1.54, 1.807) is 29.2 Å². The lowest BCUT2D eigenvalue weighted by atomic mass is 9.92. The van der Waals surface area contributed by atoms with Gasteiger partial charge in [-0.3, -0.25) is 9.36 Å². The highest BCUT2D eigenvalue weighted by atomic mass is 35.5. The summed E-state index contributed by atoms with van der Waals surface area (Å²) in [6.45, 7) is 7.48. The van der Waals surface area contributed by atoms with Crippen LogP contribution in [0.15, 0.2) is 95.8 Å². The molecule has 0 saturated heterocycles. The number of hydrogen-bond donors (Lipinski definition) is 1. The van der Waals surface area contributed by atoms with Gasteiger partial charge in [-0.1, -0.05) is 90.5 Å². The zero-order valence-electron chi connectivity index (χ0n) is 23.0. The lowest BCUT2D eigenvalue weighted by Crippen LogP contribution is -2.29. The average molecular weight is 614 g/mol. The number of pyridine rings is 1. The summed E-state index contributed by atoms with van der Waals surface area (Å²) in [6, 6.07) is 23.4. The Morgan fingerprint density at radius 2 is 1.66 bits per heavy atom. The van der Waals surface area contributed by atoms with E-state index < -0.39 is 29.3 Å². The number of benzene rings is 4. The van der Waals surface area contributed by atoms with Crippen molar-refractivity contribution in [2.45, 2.75) is 25.2 Å². The van der Waals surface area contributed by atoms with Gasteiger partial charge >= 0.3 is 12.1 Å². The Balaban J connectivity index is 1.67. The SMILES string of the molecule is [C-]#[N+]c1ccccc1CN1CC(C(=O)O)n2c1c(-c1cccc(C(F)(F)F)c1)c(Cc1cccc3ccccc13)c(Cl)c2=O. The minimum Gasteiger partial charge on any atom is -0.480 e. The topological polar surface area (TPSA) is 66.9 Å². The number of alkyl halides is 3. The van der Waals surface area contributed by atoms with Crippen LogP contribution < -0.4 is 10.5 Å². The molecule has 44 heavy (non-hydrogen) atoms. The average Bonchev–Trinajstić information content (AvgIpc) is 3.39. The maximum absolute atomic E-state index is 13.9. The van der Waals surface area contributed by atoms with Crippen molar-refractivity contribution < 1.29 is 23.1 Å². The molecule has 0 amide bonds. The molecule has 0 spiro atoms. The molecule has 1 atom stereocenters. The number of nitrogens with zero attached hydrogens (tertiary/aromatic N) is 3. The third kappa shape index (κ3) is 5.07. The van der Waals surface area contributed by atoms with Gasteiger partial charge < -0.3 is 10.0 Å². The van der Waals surface area contributed by atoms with E-state index in [1.165, 1.54) is 12.1 Å². The second-order valence-corrected chi connectivity index (χ2v) is 10.9. The minimum absolute atomic E-state index is 0.0447. The molecule has 1 aliphatic rings. The van der Waals surface area contributed by atoms with Gasteiger partial charge in [0.05, 0.1) is 18.7 Å². The molecule has 6 nitrogen and oxygen atoms in total. The smallest absolute Gasteiger partial charge is 0.416 e. The van der Waals surface area contributed by atoms with Crippen LogP contribution in [0.25, 0.3) is 26.7 Å². The van der Waals surface area contributed by atoms with Gasteiger partial charge in [-0.2, -0.15) is 13.2 Å². The number of aromatic nitrogens is 1. The fourth-order valence-electron chi connectivity index (χ4n) is 5.92. The van der Waals surface area contributed by atoms with E-state index in [0.29, 0.717) is 11.3 Å². The first-order valence-electron chi connectivity index (χ1n) is 13.6. The van der Waals surface area contributed by atoms with Crippen LogP contribution in [0, 0.1) is 6.57 Å². The fourth-order valence-corrected chi connectivity index (χ4v) is 6.17. The van der Waals surface area contributed by atoms with Gasteiger partial charge in [0, 0.05) is 18.5 Å². The van der Waals surface area contributed by atoms with E-state index in [0.717, 1.165) is 33.0 Å². The van der Waals surface area contributed by atoms with Gasteiger partial charge in [-0.05, 0) is 45.2 Å². The van der Waals surface area contributed by atoms with E-state index in [4.69, 9.17) is 18.2 Å². The Morgan fingerprint density at radius 1 is 0.977 bits per heavy atom. The highest BCUT2D eigenvalue weighted by Crippen LogP contribution is 2.45. The Hall–Kier alpha value is -5.07. The van der Waals surface area contributed by atoms with Crippen LogP contribution in [0.3, 0.4) is 0 Å². The normalized spacial score (nSPS) is 14.4. The van der Waals surface area contributed by atoms with Crippen molar-refractivity contribution >= 4 is 39.8 Å². The maximum Gasteiger partial charge on any atom is 0.416 e. The van der Waals surface area contributed by atoms with E-state index in [-0.39, 0.29) is 47.0 Å². The number of anilines is 1. The zero-order valence-corrected chi connectivity index (χ0v) is 23.7. The summed E-state index contributed by atoms with van der Waals surface area (Å²) in [6.07, 6.45) is -4.55. The lowest BCUT2D eigenvalue weighted by molar-refractivity contribution is -0.140. The van der Waals surface area contributed by atoms with Crippen molar-refractivity contribution in [1.29, 1.82) is 0 Å². The van der Waals surface area contributed by atoms with Gasteiger partial charge in [0.15, 0.2) is 11.7 Å². The molecular formula is C34H23ClF3N3O3. The van der Waals surface area contributed by atoms with Gasteiger partial charge in [0.2, 0.25) is 0 Å². The molecule has 0 bridgehead atoms. The molecule has 4 aromatic carbocycles. The lowest BCUT2D eigenvalue weighted by Gasteiger charge is -2.25. The van der Waals surface area contributed by atoms with Crippen molar-refractivity contribution in [2.24, 2.45) is 0 Å². The van der Waals surface area contributed by atoms with Crippen LogP contribution in [0.1, 0.15) is 28.3 Å². The Bertz CT molecular complexity index is 2040. The van der Waals surface area contributed by atoms with Crippen LogP contribution >= 0.6 is 11.6 Å². The number of para-hydroxylation sites is 1. The van der Waals surface area contributed by atoms with E-state index >= 15 is 0 Å². The molecule has 1 unspecified atom stereocenters. The molecule has 1 aromatic heterocycles. The number of fused-ring (bicyclic) bond motifs is 2. The number of carboxylic acid groups (broad SMARTS) is 1. The third-order valence-electron chi connectivity index (χ3n) is 7.91. The quantitative estimate of drug-likeness (QED) is 0.196. The summed E-state index contributed by atoms with van der Waals surface area (Å²) in [5, 5.41) is 11.7. The Kier molecular flexibility index (Phi) is 7.39. The van der Waals surface area contributed by atoms with E-state index in [1.807, 2.05) is 42.5 Å². The largest absolute Gasteiger partial charge is 0.480 e. The predicted molar refractivity (Wildman–Crippen MR) is 163 cm³/mol. The molecule has 1 aliphatic heterocycles. The molecule has 5 aromatic rings. The van der Waals surface area contributed by atoms with Crippen LogP contribution in [0.5, 0.6) is 0 Å². The summed E-state index contributed by atoms with van der Waals surface area (Å²) in [5.74, 6) is -1.15. The highest BCUT2D eigenvalue weighted by molar-refractivity contribution is 6.32. The van der Waals surface area contributed by atoms with Crippen LogP contribution in [-0.2, 0) is 23.9 Å². The minimum atomic E-state index is -4.65. The summed E-state index contributed by atoms with van der Waals surface area (Å²) < 4.78 is 42.9. The molecule has 6 rings (SSSR count). The van der Waals surface area contributed by atoms with Crippen LogP contribution in [0.2, 0.25) is 5.02 Å². The van der Waals surface area contributed by atoms with Gasteiger partial charge in [-0.15, -0.1) is 0 Å². The molecule has 0 radical (unpaired) electrons. The number of halogens is 4. The second kappa shape index (κ2) is 11.2. The molecule has 0 aliphatic carbocycles. The fraction of sp³-hybridized carbons (Fsp3) is 0.147. The second-order valence-electron chi connectivity index (χ2n) is 10.5. The van der Waals surface area contributed by atoms with E-state index in [9.17, 15) is 27.9 Å². The predicted octanol–water partition coefficient (Wildman–Crippen LogP) is 8.13. The highest BCUT2D eigenvalue weighted by Gasteiger charge is 2.40. The molecule has 220 valence electrons. The molecule has 0 saturated carbocycles. The maximum atomic E-state index is 13.9. The van der Waals surface area contributed by atoms with E-state index in [2.05, 4.69) is 4.85 Å². The number of carboxylic acids is 1. The number of carbonyl (C=O) groups is 1. The van der Waals surface area contributed by atoms with Gasteiger partial charge in [0.1, 0.15) is 10.8 Å². The molecule has 1 N–H and O–H groups in total. The third-order valence-corrected chi connectivity index (χ3v) is 8.30. The molecule has 2 heterocycles. The van der Waals surface area contributed by atoms with Crippen molar-refractivity contribution in [3.63, 3.8) is 0 Å². The van der Waals surface area contributed by atoms with Gasteiger partial charge in [-0.25, -0.2) is 9.64 Å². The number of hydrogen-bond acceptors (Lipinski definition) is 3. The van der Waals surface area contributed by atoms with Crippen LogP contribution in [-0.4, -0.2) is 22.2 Å². The van der Waals surface area contributed by atoms with Crippen molar-refractivity contribution in [1.82, 2.24) is 4.57 Å². The zero-order chi connectivity index (χ0) is 31.2. The first kappa shape index (κ1) is 29.0. The molecule has 10 heteroatoms.